The summed E-state index contributed by atoms with van der Waals surface area (Å²) < 4.78 is 4.63. The zero-order valence-electron chi connectivity index (χ0n) is 10.1. The summed E-state index contributed by atoms with van der Waals surface area (Å²) in [7, 11) is 0. The van der Waals surface area contributed by atoms with Gasteiger partial charge in [0.05, 0.1) is 6.61 Å². The lowest BCUT2D eigenvalue weighted by atomic mass is 10.2. The molecule has 0 radical (unpaired) electrons. The predicted octanol–water partition coefficient (Wildman–Crippen LogP) is -0.101. The van der Waals surface area contributed by atoms with Crippen LogP contribution in [0, 0.1) is 0 Å². The molecule has 98 valence electrons. The fourth-order valence-corrected chi connectivity index (χ4v) is 1.29. The minimum Gasteiger partial charge on any atom is -0.508 e. The molecule has 0 spiro atoms. The van der Waals surface area contributed by atoms with Crippen LogP contribution < -0.4 is 11.1 Å². The standard InChI is InChI=1S/C12H16N2O4/c1-2-18-12(17)10(13)11(16)14-7-8-5-3-4-6-9(8)15/h3-6,10,15H,2,7,13H2,1H3,(H,14,16). The highest BCUT2D eigenvalue weighted by Gasteiger charge is 2.23. The van der Waals surface area contributed by atoms with Crippen molar-refractivity contribution in [2.75, 3.05) is 6.61 Å². The van der Waals surface area contributed by atoms with Crippen LogP contribution in [0.1, 0.15) is 12.5 Å². The zero-order chi connectivity index (χ0) is 13.5. The fourth-order valence-electron chi connectivity index (χ4n) is 1.29. The van der Waals surface area contributed by atoms with Gasteiger partial charge < -0.3 is 20.9 Å². The predicted molar refractivity (Wildman–Crippen MR) is 64.6 cm³/mol. The Kier molecular flexibility index (Phi) is 5.13. The van der Waals surface area contributed by atoms with E-state index in [4.69, 9.17) is 5.73 Å². The number of ether oxygens (including phenoxy) is 1. The molecular weight excluding hydrogens is 236 g/mol. The van der Waals surface area contributed by atoms with E-state index in [1.54, 1.807) is 25.1 Å². The number of carbonyl (C=O) groups is 2. The number of hydrogen-bond acceptors (Lipinski definition) is 5. The average molecular weight is 252 g/mol. The number of benzene rings is 1. The topological polar surface area (TPSA) is 102 Å². The Labute approximate surface area is 105 Å². The second-order valence-corrected chi connectivity index (χ2v) is 3.58. The SMILES string of the molecule is CCOC(=O)C(N)C(=O)NCc1ccccc1O. The maximum absolute atomic E-state index is 11.5. The summed E-state index contributed by atoms with van der Waals surface area (Å²) in [4.78, 5) is 22.7. The molecule has 0 aromatic heterocycles. The smallest absolute Gasteiger partial charge is 0.332 e. The van der Waals surface area contributed by atoms with E-state index in [2.05, 4.69) is 10.1 Å². The number of hydrogen-bond donors (Lipinski definition) is 3. The number of phenols is 1. The summed E-state index contributed by atoms with van der Waals surface area (Å²) in [6.07, 6.45) is 0. The van der Waals surface area contributed by atoms with E-state index >= 15 is 0 Å². The first-order chi connectivity index (χ1) is 8.56. The minimum atomic E-state index is -1.35. The van der Waals surface area contributed by atoms with Crippen LogP contribution in [-0.2, 0) is 20.9 Å². The highest BCUT2D eigenvalue weighted by Crippen LogP contribution is 2.14. The maximum atomic E-state index is 11.5. The van der Waals surface area contributed by atoms with E-state index < -0.39 is 17.9 Å². The number of aromatic hydroxyl groups is 1. The Hall–Kier alpha value is -2.08. The normalized spacial score (nSPS) is 11.7. The van der Waals surface area contributed by atoms with Crippen LogP contribution in [0.25, 0.3) is 0 Å². The lowest BCUT2D eigenvalue weighted by molar-refractivity contribution is -0.148. The Morgan fingerprint density at radius 2 is 2.11 bits per heavy atom. The summed E-state index contributed by atoms with van der Waals surface area (Å²) >= 11 is 0. The molecule has 1 unspecified atom stereocenters. The van der Waals surface area contributed by atoms with Crippen LogP contribution in [0.4, 0.5) is 0 Å². The lowest BCUT2D eigenvalue weighted by Gasteiger charge is -2.11. The van der Waals surface area contributed by atoms with Gasteiger partial charge in [0.25, 0.3) is 0 Å². The number of para-hydroxylation sites is 1. The van der Waals surface area contributed by atoms with Gasteiger partial charge in [0.15, 0.2) is 6.04 Å². The fraction of sp³-hybridized carbons (Fsp3) is 0.333. The molecule has 1 rings (SSSR count). The van der Waals surface area contributed by atoms with Gasteiger partial charge in [-0.2, -0.15) is 0 Å². The van der Waals surface area contributed by atoms with Crippen LogP contribution in [0.15, 0.2) is 24.3 Å². The molecule has 0 fully saturated rings. The molecule has 1 atom stereocenters. The highest BCUT2D eigenvalue weighted by molar-refractivity contribution is 6.01. The molecule has 18 heavy (non-hydrogen) atoms. The van der Waals surface area contributed by atoms with Gasteiger partial charge in [-0.25, -0.2) is 4.79 Å². The van der Waals surface area contributed by atoms with Crippen LogP contribution in [0.5, 0.6) is 5.75 Å². The van der Waals surface area contributed by atoms with Crippen molar-refractivity contribution in [1.82, 2.24) is 5.32 Å². The van der Waals surface area contributed by atoms with Crippen molar-refractivity contribution >= 4 is 11.9 Å². The van der Waals surface area contributed by atoms with Gasteiger partial charge in [-0.15, -0.1) is 0 Å². The number of esters is 1. The van der Waals surface area contributed by atoms with Crippen LogP contribution >= 0.6 is 0 Å². The first kappa shape index (κ1) is 14.0. The molecule has 1 amide bonds. The quantitative estimate of drug-likeness (QED) is 0.501. The third-order valence-electron chi connectivity index (χ3n) is 2.27. The highest BCUT2D eigenvalue weighted by atomic mass is 16.5. The summed E-state index contributed by atoms with van der Waals surface area (Å²) in [6, 6.07) is 5.21. The molecule has 6 nitrogen and oxygen atoms in total. The summed E-state index contributed by atoms with van der Waals surface area (Å²) in [5.74, 6) is -1.34. The molecule has 1 aromatic carbocycles. The molecule has 0 saturated heterocycles. The van der Waals surface area contributed by atoms with Crippen molar-refractivity contribution < 1.29 is 19.4 Å². The van der Waals surface area contributed by atoms with Crippen molar-refractivity contribution in [1.29, 1.82) is 0 Å². The Morgan fingerprint density at radius 1 is 1.44 bits per heavy atom. The molecule has 0 heterocycles. The van der Waals surface area contributed by atoms with Gasteiger partial charge in [-0.05, 0) is 13.0 Å². The van der Waals surface area contributed by atoms with Crippen molar-refractivity contribution in [3.63, 3.8) is 0 Å². The molecule has 0 aliphatic carbocycles. The summed E-state index contributed by atoms with van der Waals surface area (Å²) in [6.45, 7) is 1.89. The number of nitrogens with one attached hydrogen (secondary N) is 1. The first-order valence-corrected chi connectivity index (χ1v) is 5.53. The molecule has 1 aromatic rings. The molecular formula is C12H16N2O4. The Bertz CT molecular complexity index is 434. The number of carbonyl (C=O) groups excluding carboxylic acids is 2. The molecule has 0 aliphatic rings. The average Bonchev–Trinajstić information content (AvgIpc) is 2.36. The van der Waals surface area contributed by atoms with E-state index in [1.165, 1.54) is 6.07 Å². The number of phenolic OH excluding ortho intramolecular Hbond substituents is 1. The van der Waals surface area contributed by atoms with Crippen molar-refractivity contribution in [3.05, 3.63) is 29.8 Å². The van der Waals surface area contributed by atoms with E-state index in [9.17, 15) is 14.7 Å². The minimum absolute atomic E-state index is 0.0718. The van der Waals surface area contributed by atoms with Crippen LogP contribution in [-0.4, -0.2) is 29.6 Å². The molecule has 4 N–H and O–H groups in total. The first-order valence-electron chi connectivity index (χ1n) is 5.53. The van der Waals surface area contributed by atoms with Gasteiger partial charge in [0.1, 0.15) is 5.75 Å². The number of amides is 1. The monoisotopic (exact) mass is 252 g/mol. The second kappa shape index (κ2) is 6.61. The lowest BCUT2D eigenvalue weighted by Crippen LogP contribution is -2.46. The molecule has 0 saturated carbocycles. The zero-order valence-corrected chi connectivity index (χ0v) is 10.1. The third kappa shape index (κ3) is 3.74. The molecule has 0 aliphatic heterocycles. The van der Waals surface area contributed by atoms with E-state index in [0.717, 1.165) is 0 Å². The van der Waals surface area contributed by atoms with Crippen molar-refractivity contribution in [2.45, 2.75) is 19.5 Å². The van der Waals surface area contributed by atoms with Gasteiger partial charge in [0.2, 0.25) is 5.91 Å². The third-order valence-corrected chi connectivity index (χ3v) is 2.27. The summed E-state index contributed by atoms with van der Waals surface area (Å²) in [5, 5.41) is 11.9. The van der Waals surface area contributed by atoms with Gasteiger partial charge in [-0.3, -0.25) is 4.79 Å². The number of nitrogens with two attached hydrogens (primary N) is 1. The molecule has 6 heteroatoms. The molecule has 0 bridgehead atoms. The van der Waals surface area contributed by atoms with Gasteiger partial charge in [0, 0.05) is 12.1 Å². The number of rotatable bonds is 5. The van der Waals surface area contributed by atoms with E-state index in [0.29, 0.717) is 5.56 Å². The van der Waals surface area contributed by atoms with Crippen LogP contribution in [0.2, 0.25) is 0 Å². The summed E-state index contributed by atoms with van der Waals surface area (Å²) in [5.41, 5.74) is 5.94. The Balaban J connectivity index is 2.51. The van der Waals surface area contributed by atoms with E-state index in [-0.39, 0.29) is 18.9 Å². The van der Waals surface area contributed by atoms with Crippen molar-refractivity contribution in [2.24, 2.45) is 5.73 Å². The van der Waals surface area contributed by atoms with E-state index in [1.807, 2.05) is 0 Å². The van der Waals surface area contributed by atoms with Gasteiger partial charge in [-0.1, -0.05) is 18.2 Å². The maximum Gasteiger partial charge on any atom is 0.332 e. The Morgan fingerprint density at radius 3 is 2.72 bits per heavy atom. The largest absolute Gasteiger partial charge is 0.508 e. The van der Waals surface area contributed by atoms with Crippen LogP contribution in [0.3, 0.4) is 0 Å². The van der Waals surface area contributed by atoms with Gasteiger partial charge >= 0.3 is 5.97 Å². The second-order valence-electron chi connectivity index (χ2n) is 3.58. The van der Waals surface area contributed by atoms with Crippen molar-refractivity contribution in [3.8, 4) is 5.75 Å².